The number of rotatable bonds is 8. The van der Waals surface area contributed by atoms with Crippen molar-refractivity contribution >= 4 is 33.8 Å². The molecule has 0 unspecified atom stereocenters. The fraction of sp³-hybridized carbons (Fsp3) is 0.333. The summed E-state index contributed by atoms with van der Waals surface area (Å²) in [7, 11) is -3.55. The average Bonchev–Trinajstić information content (AvgIpc) is 3.31. The molecular weight excluding hydrogens is 420 g/mol. The predicted octanol–water partition coefficient (Wildman–Crippen LogP) is 2.96. The van der Waals surface area contributed by atoms with Crippen LogP contribution in [0.3, 0.4) is 0 Å². The third-order valence-electron chi connectivity index (χ3n) is 4.25. The van der Waals surface area contributed by atoms with E-state index in [2.05, 4.69) is 14.7 Å². The van der Waals surface area contributed by atoms with Gasteiger partial charge in [-0.2, -0.15) is 0 Å². The predicted molar refractivity (Wildman–Crippen MR) is 114 cm³/mol. The fourth-order valence-corrected chi connectivity index (χ4v) is 5.25. The molecule has 0 saturated carbocycles. The number of nitrogens with one attached hydrogen (secondary N) is 2. The number of hydrogen-bond acceptors (Lipinski definition) is 5. The van der Waals surface area contributed by atoms with E-state index in [-0.39, 0.29) is 22.2 Å². The molecule has 0 bridgehead atoms. The summed E-state index contributed by atoms with van der Waals surface area (Å²) in [6.07, 6.45) is 6.54. The Labute approximate surface area is 174 Å². The summed E-state index contributed by atoms with van der Waals surface area (Å²) in [5.41, 5.74) is 2.18. The molecule has 7 nitrogen and oxygen atoms in total. The second-order valence-electron chi connectivity index (χ2n) is 6.19. The molecule has 2 N–H and O–H groups in total. The Morgan fingerprint density at radius 2 is 2.11 bits per heavy atom. The Morgan fingerprint density at radius 1 is 1.32 bits per heavy atom. The van der Waals surface area contributed by atoms with Crippen molar-refractivity contribution in [3.63, 3.8) is 0 Å². The van der Waals surface area contributed by atoms with Crippen LogP contribution in [0.2, 0.25) is 0 Å². The third-order valence-corrected chi connectivity index (χ3v) is 7.32. The van der Waals surface area contributed by atoms with Crippen LogP contribution in [0.25, 0.3) is 10.4 Å². The lowest BCUT2D eigenvalue weighted by atomic mass is 10.1. The van der Waals surface area contributed by atoms with Crippen LogP contribution in [0.5, 0.6) is 0 Å². The summed E-state index contributed by atoms with van der Waals surface area (Å²) < 4.78 is 29.9. The topological polar surface area (TPSA) is 96.8 Å². The van der Waals surface area contributed by atoms with Crippen LogP contribution in [0.1, 0.15) is 24.6 Å². The van der Waals surface area contributed by atoms with Crippen LogP contribution < -0.4 is 10.3 Å². The molecular formula is C18H23ClN4O3S2. The molecule has 3 heterocycles. The highest BCUT2D eigenvalue weighted by molar-refractivity contribution is 7.91. The maximum absolute atomic E-state index is 12.5. The monoisotopic (exact) mass is 442 g/mol. The quantitative estimate of drug-likeness (QED) is 0.524. The van der Waals surface area contributed by atoms with Gasteiger partial charge in [0.15, 0.2) is 0 Å². The molecule has 0 radical (unpaired) electrons. The number of imidazole rings is 1. The first-order valence-electron chi connectivity index (χ1n) is 8.69. The van der Waals surface area contributed by atoms with Gasteiger partial charge in [0.05, 0.1) is 6.33 Å². The van der Waals surface area contributed by atoms with Gasteiger partial charge in [0, 0.05) is 47.2 Å². The summed E-state index contributed by atoms with van der Waals surface area (Å²) in [5, 5.41) is 0. The van der Waals surface area contributed by atoms with E-state index >= 15 is 0 Å². The highest BCUT2D eigenvalue weighted by atomic mass is 35.5. The molecule has 10 heteroatoms. The van der Waals surface area contributed by atoms with Crippen LogP contribution in [0, 0.1) is 6.92 Å². The molecule has 3 rings (SSSR count). The first-order chi connectivity index (χ1) is 12.9. The van der Waals surface area contributed by atoms with Gasteiger partial charge in [-0.3, -0.25) is 4.79 Å². The largest absolute Gasteiger partial charge is 0.337 e. The summed E-state index contributed by atoms with van der Waals surface area (Å²) in [4.78, 5) is 19.5. The van der Waals surface area contributed by atoms with Gasteiger partial charge in [-0.25, -0.2) is 18.1 Å². The number of nitrogens with zero attached hydrogens (tertiary/aromatic N) is 2. The minimum Gasteiger partial charge on any atom is -0.337 e. The molecule has 0 atom stereocenters. The highest BCUT2D eigenvalue weighted by Gasteiger charge is 2.18. The van der Waals surface area contributed by atoms with Crippen molar-refractivity contribution in [2.45, 2.75) is 37.4 Å². The number of aromatic amines is 1. The Morgan fingerprint density at radius 3 is 2.79 bits per heavy atom. The van der Waals surface area contributed by atoms with E-state index in [1.54, 1.807) is 24.7 Å². The Balaban J connectivity index is 0.00000280. The molecule has 152 valence electrons. The Kier molecular flexibility index (Phi) is 7.59. The SMILES string of the molecule is CCc1cc(-c2ccc(S(=O)(=O)NCCCn3ccnc3)s2)c(C)[nH]c1=O.Cl. The smallest absolute Gasteiger partial charge is 0.251 e. The van der Waals surface area contributed by atoms with Gasteiger partial charge in [-0.15, -0.1) is 23.7 Å². The summed E-state index contributed by atoms with van der Waals surface area (Å²) in [6, 6.07) is 5.23. The van der Waals surface area contributed by atoms with Gasteiger partial charge in [-0.1, -0.05) is 6.92 Å². The maximum atomic E-state index is 12.5. The lowest BCUT2D eigenvalue weighted by Gasteiger charge is -2.06. The number of thiophene rings is 1. The van der Waals surface area contributed by atoms with Crippen molar-refractivity contribution in [2.75, 3.05) is 6.54 Å². The standard InChI is InChI=1S/C18H22N4O3S2.ClH/c1-3-14-11-15(13(2)21-18(14)23)16-5-6-17(26-16)27(24,25)20-7-4-9-22-10-8-19-12-22;/h5-6,8,10-12,20H,3-4,7,9H2,1-2H3,(H,21,23);1H. The molecule has 0 amide bonds. The second-order valence-corrected chi connectivity index (χ2v) is 9.26. The molecule has 0 saturated heterocycles. The van der Waals surface area contributed by atoms with E-state index in [0.717, 1.165) is 16.1 Å². The molecule has 0 aliphatic rings. The van der Waals surface area contributed by atoms with E-state index in [1.165, 1.54) is 11.3 Å². The van der Waals surface area contributed by atoms with Crippen LogP contribution in [-0.2, 0) is 23.0 Å². The average molecular weight is 443 g/mol. The van der Waals surface area contributed by atoms with E-state index in [4.69, 9.17) is 0 Å². The number of sulfonamides is 1. The molecule has 0 aromatic carbocycles. The molecule has 3 aromatic heterocycles. The molecule has 0 aliphatic carbocycles. The number of hydrogen-bond donors (Lipinski definition) is 2. The van der Waals surface area contributed by atoms with Gasteiger partial charge in [-0.05, 0) is 38.0 Å². The normalized spacial score (nSPS) is 11.4. The zero-order valence-corrected chi connectivity index (χ0v) is 18.1. The van der Waals surface area contributed by atoms with Gasteiger partial charge < -0.3 is 9.55 Å². The van der Waals surface area contributed by atoms with E-state index in [1.807, 2.05) is 30.7 Å². The van der Waals surface area contributed by atoms with E-state index in [0.29, 0.717) is 31.5 Å². The van der Waals surface area contributed by atoms with Crippen molar-refractivity contribution in [3.05, 3.63) is 58.5 Å². The van der Waals surface area contributed by atoms with Gasteiger partial charge >= 0.3 is 0 Å². The van der Waals surface area contributed by atoms with Crippen molar-refractivity contribution < 1.29 is 8.42 Å². The fourth-order valence-electron chi connectivity index (χ4n) is 2.75. The first kappa shape index (κ1) is 22.4. The van der Waals surface area contributed by atoms with E-state index in [9.17, 15) is 13.2 Å². The van der Waals surface area contributed by atoms with Crippen LogP contribution >= 0.6 is 23.7 Å². The highest BCUT2D eigenvalue weighted by Crippen LogP contribution is 2.32. The lowest BCUT2D eigenvalue weighted by Crippen LogP contribution is -2.24. The van der Waals surface area contributed by atoms with Gasteiger partial charge in [0.1, 0.15) is 4.21 Å². The molecule has 28 heavy (non-hydrogen) atoms. The molecule has 0 spiro atoms. The number of aromatic nitrogens is 3. The van der Waals surface area contributed by atoms with E-state index < -0.39 is 10.0 Å². The molecule has 3 aromatic rings. The first-order valence-corrected chi connectivity index (χ1v) is 11.0. The zero-order chi connectivity index (χ0) is 19.4. The van der Waals surface area contributed by atoms with Crippen molar-refractivity contribution in [1.82, 2.24) is 19.3 Å². The minimum absolute atomic E-state index is 0. The Bertz CT molecular complexity index is 1070. The van der Waals surface area contributed by atoms with Gasteiger partial charge in [0.2, 0.25) is 10.0 Å². The number of halogens is 1. The van der Waals surface area contributed by atoms with Gasteiger partial charge in [0.25, 0.3) is 5.56 Å². The lowest BCUT2D eigenvalue weighted by molar-refractivity contribution is 0.571. The summed E-state index contributed by atoms with van der Waals surface area (Å²) >= 11 is 1.20. The number of pyridine rings is 1. The third kappa shape index (κ3) is 5.11. The number of H-pyrrole nitrogens is 1. The number of aryl methyl sites for hydroxylation is 3. The minimum atomic E-state index is -3.55. The molecule has 0 fully saturated rings. The van der Waals surface area contributed by atoms with Crippen LogP contribution in [0.4, 0.5) is 0 Å². The summed E-state index contributed by atoms with van der Waals surface area (Å²) in [5.74, 6) is 0. The summed E-state index contributed by atoms with van der Waals surface area (Å²) in [6.45, 7) is 4.79. The second kappa shape index (κ2) is 9.51. The zero-order valence-electron chi connectivity index (χ0n) is 15.6. The van der Waals surface area contributed by atoms with Crippen LogP contribution in [-0.4, -0.2) is 29.5 Å². The maximum Gasteiger partial charge on any atom is 0.251 e. The Hall–Kier alpha value is -1.94. The van der Waals surface area contributed by atoms with Crippen molar-refractivity contribution in [1.29, 1.82) is 0 Å². The van der Waals surface area contributed by atoms with Crippen molar-refractivity contribution in [2.24, 2.45) is 0 Å². The van der Waals surface area contributed by atoms with Crippen LogP contribution in [0.15, 0.2) is 45.9 Å². The van der Waals surface area contributed by atoms with Crippen molar-refractivity contribution in [3.8, 4) is 10.4 Å². The molecule has 0 aliphatic heterocycles.